The zero-order valence-corrected chi connectivity index (χ0v) is 15.4. The van der Waals surface area contributed by atoms with Gasteiger partial charge in [-0.15, -0.1) is 0 Å². The summed E-state index contributed by atoms with van der Waals surface area (Å²) in [5, 5.41) is 0.801. The predicted molar refractivity (Wildman–Crippen MR) is 97.8 cm³/mol. The van der Waals surface area contributed by atoms with Crippen LogP contribution < -0.4 is 9.64 Å². The maximum Gasteiger partial charge on any atom is 0.375 e. The Morgan fingerprint density at radius 2 is 2.00 bits per heavy atom. The number of hydrogen-bond donors (Lipinski definition) is 0. The van der Waals surface area contributed by atoms with Crippen LogP contribution in [0.5, 0.6) is 5.75 Å². The summed E-state index contributed by atoms with van der Waals surface area (Å²) in [7, 11) is 1.64. The highest BCUT2D eigenvalue weighted by Gasteiger charge is 2.20. The van der Waals surface area contributed by atoms with Gasteiger partial charge < -0.3 is 23.2 Å². The van der Waals surface area contributed by atoms with Crippen molar-refractivity contribution in [2.45, 2.75) is 20.8 Å². The molecule has 3 aromatic rings. The van der Waals surface area contributed by atoms with E-state index in [-0.39, 0.29) is 12.4 Å². The molecule has 0 atom stereocenters. The number of esters is 1. The molecule has 2 heterocycles. The summed E-state index contributed by atoms with van der Waals surface area (Å²) in [4.78, 5) is 18.1. The highest BCUT2D eigenvalue weighted by Crippen LogP contribution is 2.38. The van der Waals surface area contributed by atoms with Crippen LogP contribution in [-0.4, -0.2) is 37.8 Å². The number of carbonyl (C=O) groups is 1. The molecular formula is C19H22N2O5. The number of carbonyl (C=O) groups excluding carboxylic acids is 1. The summed E-state index contributed by atoms with van der Waals surface area (Å²) >= 11 is 0. The molecule has 0 fully saturated rings. The van der Waals surface area contributed by atoms with Crippen LogP contribution in [0.2, 0.25) is 0 Å². The van der Waals surface area contributed by atoms with Gasteiger partial charge in [-0.1, -0.05) is 0 Å². The molecule has 3 rings (SSSR count). The monoisotopic (exact) mass is 358 g/mol. The molecule has 26 heavy (non-hydrogen) atoms. The van der Waals surface area contributed by atoms with E-state index in [1.54, 1.807) is 20.3 Å². The summed E-state index contributed by atoms with van der Waals surface area (Å²) in [6.07, 6.45) is 2.92. The minimum atomic E-state index is -0.541. The van der Waals surface area contributed by atoms with Crippen LogP contribution in [0.1, 0.15) is 31.3 Å². The summed E-state index contributed by atoms with van der Waals surface area (Å²) in [6.45, 7) is 7.89. The fraction of sp³-hybridized carbons (Fsp3) is 0.368. The number of ether oxygens (including phenoxy) is 2. The second-order valence-electron chi connectivity index (χ2n) is 5.59. The van der Waals surface area contributed by atoms with Crippen molar-refractivity contribution >= 4 is 22.6 Å². The fourth-order valence-corrected chi connectivity index (χ4v) is 2.88. The van der Waals surface area contributed by atoms with Gasteiger partial charge in [0.25, 0.3) is 0 Å². The number of nitrogens with zero attached hydrogens (tertiary/aromatic N) is 2. The van der Waals surface area contributed by atoms with E-state index in [0.29, 0.717) is 17.0 Å². The van der Waals surface area contributed by atoms with Crippen LogP contribution in [0.25, 0.3) is 22.4 Å². The van der Waals surface area contributed by atoms with E-state index in [9.17, 15) is 4.79 Å². The molecule has 2 aromatic heterocycles. The van der Waals surface area contributed by atoms with E-state index in [4.69, 9.17) is 18.3 Å². The number of furan rings is 1. The third kappa shape index (κ3) is 3.12. The number of hydrogen-bond acceptors (Lipinski definition) is 7. The molecule has 0 amide bonds. The van der Waals surface area contributed by atoms with E-state index >= 15 is 0 Å². The Morgan fingerprint density at radius 1 is 1.23 bits per heavy atom. The van der Waals surface area contributed by atoms with E-state index in [1.807, 2.05) is 12.1 Å². The lowest BCUT2D eigenvalue weighted by molar-refractivity contribution is 0.0491. The molecule has 0 saturated heterocycles. The van der Waals surface area contributed by atoms with E-state index < -0.39 is 5.97 Å². The average Bonchev–Trinajstić information content (AvgIpc) is 3.28. The highest BCUT2D eigenvalue weighted by molar-refractivity contribution is 5.96. The van der Waals surface area contributed by atoms with Crippen LogP contribution in [0.15, 0.2) is 33.4 Å². The molecule has 1 aromatic carbocycles. The zero-order valence-electron chi connectivity index (χ0n) is 15.4. The molecule has 138 valence electrons. The quantitative estimate of drug-likeness (QED) is 0.588. The molecular weight excluding hydrogens is 336 g/mol. The Hall–Kier alpha value is -2.96. The van der Waals surface area contributed by atoms with Crippen molar-refractivity contribution < 1.29 is 23.1 Å². The first-order valence-electron chi connectivity index (χ1n) is 8.60. The zero-order chi connectivity index (χ0) is 18.7. The van der Waals surface area contributed by atoms with Crippen molar-refractivity contribution in [2.24, 2.45) is 0 Å². The number of fused-ring (bicyclic) bond motifs is 1. The number of oxazole rings is 1. The van der Waals surface area contributed by atoms with E-state index in [1.165, 1.54) is 6.20 Å². The van der Waals surface area contributed by atoms with Crippen LogP contribution in [0.4, 0.5) is 5.69 Å². The summed E-state index contributed by atoms with van der Waals surface area (Å²) in [5.74, 6) is 0.550. The van der Waals surface area contributed by atoms with E-state index in [0.717, 1.165) is 29.9 Å². The van der Waals surface area contributed by atoms with Crippen LogP contribution >= 0.6 is 0 Å². The largest absolute Gasteiger partial charge is 0.495 e. The van der Waals surface area contributed by atoms with Gasteiger partial charge in [0.2, 0.25) is 11.7 Å². The maximum absolute atomic E-state index is 11.8. The average molecular weight is 358 g/mol. The standard InChI is InChI=1S/C19H22N2O5/c1-5-21(6-2)14-9-15-12(8-16(14)23-4)13(11-25-15)18-20-10-17(26-18)19(22)24-7-3/h8-11H,5-7H2,1-4H3. The smallest absolute Gasteiger partial charge is 0.375 e. The van der Waals surface area contributed by atoms with Crippen LogP contribution in [-0.2, 0) is 4.74 Å². The molecule has 0 saturated carbocycles. The van der Waals surface area contributed by atoms with Gasteiger partial charge in [0.1, 0.15) is 17.6 Å². The predicted octanol–water partition coefficient (Wildman–Crippen LogP) is 4.12. The molecule has 7 nitrogen and oxygen atoms in total. The Kier molecular flexibility index (Phi) is 5.16. The van der Waals surface area contributed by atoms with Gasteiger partial charge >= 0.3 is 5.97 Å². The van der Waals surface area contributed by atoms with Crippen molar-refractivity contribution in [3.05, 3.63) is 30.4 Å². The first kappa shape index (κ1) is 17.8. The number of anilines is 1. The second kappa shape index (κ2) is 7.51. The third-order valence-corrected chi connectivity index (χ3v) is 4.19. The van der Waals surface area contributed by atoms with Gasteiger partial charge in [-0.2, -0.15) is 0 Å². The SMILES string of the molecule is CCOC(=O)c1cnc(-c2coc3cc(N(CC)CC)c(OC)cc23)o1. The van der Waals surface area contributed by atoms with Crippen molar-refractivity contribution in [1.29, 1.82) is 0 Å². The molecule has 7 heteroatoms. The Labute approximate surface area is 151 Å². The lowest BCUT2D eigenvalue weighted by Crippen LogP contribution is -2.22. The molecule has 0 unspecified atom stereocenters. The topological polar surface area (TPSA) is 77.9 Å². The maximum atomic E-state index is 11.8. The molecule has 0 spiro atoms. The van der Waals surface area contributed by atoms with Gasteiger partial charge in [0.15, 0.2) is 0 Å². The summed E-state index contributed by atoms with van der Waals surface area (Å²) in [6, 6.07) is 3.84. The van der Waals surface area contributed by atoms with Crippen LogP contribution in [0.3, 0.4) is 0 Å². The van der Waals surface area contributed by atoms with Crippen molar-refractivity contribution in [3.8, 4) is 17.2 Å². The molecule has 0 aliphatic carbocycles. The van der Waals surface area contributed by atoms with Gasteiger partial charge in [-0.05, 0) is 26.8 Å². The molecule has 0 bridgehead atoms. The Balaban J connectivity index is 2.05. The number of methoxy groups -OCH3 is 1. The summed E-state index contributed by atoms with van der Waals surface area (Å²) < 4.78 is 21.7. The van der Waals surface area contributed by atoms with Gasteiger partial charge in [0, 0.05) is 24.5 Å². The molecule has 0 radical (unpaired) electrons. The summed E-state index contributed by atoms with van der Waals surface area (Å²) in [5.41, 5.74) is 2.31. The minimum Gasteiger partial charge on any atom is -0.495 e. The van der Waals surface area contributed by atoms with E-state index in [2.05, 4.69) is 23.7 Å². The normalized spacial score (nSPS) is 10.9. The Morgan fingerprint density at radius 3 is 2.65 bits per heavy atom. The first-order chi connectivity index (χ1) is 12.6. The highest BCUT2D eigenvalue weighted by atomic mass is 16.5. The minimum absolute atomic E-state index is 0.0583. The molecule has 0 aliphatic rings. The molecule has 0 aliphatic heterocycles. The fourth-order valence-electron chi connectivity index (χ4n) is 2.88. The van der Waals surface area contributed by atoms with Crippen molar-refractivity contribution in [2.75, 3.05) is 31.7 Å². The number of rotatable bonds is 7. The number of aromatic nitrogens is 1. The van der Waals surface area contributed by atoms with Gasteiger partial charge in [-0.3, -0.25) is 0 Å². The third-order valence-electron chi connectivity index (χ3n) is 4.19. The lowest BCUT2D eigenvalue weighted by atomic mass is 10.1. The van der Waals surface area contributed by atoms with Gasteiger partial charge in [0.05, 0.1) is 31.2 Å². The van der Waals surface area contributed by atoms with Crippen LogP contribution in [0, 0.1) is 0 Å². The van der Waals surface area contributed by atoms with Gasteiger partial charge in [-0.25, -0.2) is 9.78 Å². The van der Waals surface area contributed by atoms with Crippen molar-refractivity contribution in [3.63, 3.8) is 0 Å². The second-order valence-corrected chi connectivity index (χ2v) is 5.59. The first-order valence-corrected chi connectivity index (χ1v) is 8.60. The number of benzene rings is 1. The lowest BCUT2D eigenvalue weighted by Gasteiger charge is -2.23. The van der Waals surface area contributed by atoms with Crippen molar-refractivity contribution in [1.82, 2.24) is 4.98 Å². The molecule has 0 N–H and O–H groups in total. The Bertz CT molecular complexity index is 908.